The summed E-state index contributed by atoms with van der Waals surface area (Å²) >= 11 is 0. The normalized spacial score (nSPS) is 10.6. The SMILES string of the molecule is COC(=O)Cc1cc(F)c(F)c(C(F)F)n1. The predicted molar refractivity (Wildman–Crippen MR) is 44.8 cm³/mol. The van der Waals surface area contributed by atoms with Crippen LogP contribution in [0.1, 0.15) is 17.8 Å². The number of alkyl halides is 2. The van der Waals surface area contributed by atoms with Crippen LogP contribution in [0.4, 0.5) is 17.6 Å². The third kappa shape index (κ3) is 2.68. The lowest BCUT2D eigenvalue weighted by Crippen LogP contribution is -2.10. The second-order valence-electron chi connectivity index (χ2n) is 2.85. The molecule has 0 radical (unpaired) electrons. The minimum atomic E-state index is -3.24. The molecule has 0 spiro atoms. The molecule has 0 N–H and O–H groups in total. The van der Waals surface area contributed by atoms with Gasteiger partial charge in [0.05, 0.1) is 19.2 Å². The molecule has 1 aromatic heterocycles. The first-order valence-electron chi connectivity index (χ1n) is 4.15. The van der Waals surface area contributed by atoms with E-state index >= 15 is 0 Å². The van der Waals surface area contributed by atoms with E-state index in [4.69, 9.17) is 0 Å². The molecule has 0 aromatic carbocycles. The Balaban J connectivity index is 3.09. The van der Waals surface area contributed by atoms with Gasteiger partial charge in [-0.3, -0.25) is 4.79 Å². The van der Waals surface area contributed by atoms with Gasteiger partial charge in [-0.15, -0.1) is 0 Å². The Bertz CT molecular complexity index is 409. The van der Waals surface area contributed by atoms with Crippen LogP contribution in [0.15, 0.2) is 6.07 Å². The highest BCUT2D eigenvalue weighted by atomic mass is 19.3. The molecule has 0 aliphatic rings. The van der Waals surface area contributed by atoms with Gasteiger partial charge < -0.3 is 4.74 Å². The molecule has 1 rings (SSSR count). The van der Waals surface area contributed by atoms with Gasteiger partial charge in [0.15, 0.2) is 11.6 Å². The van der Waals surface area contributed by atoms with Crippen LogP contribution < -0.4 is 0 Å². The summed E-state index contributed by atoms with van der Waals surface area (Å²) in [7, 11) is 1.08. The Morgan fingerprint density at radius 3 is 2.62 bits per heavy atom. The largest absolute Gasteiger partial charge is 0.469 e. The zero-order valence-electron chi connectivity index (χ0n) is 8.14. The van der Waals surface area contributed by atoms with Crippen LogP contribution in [-0.4, -0.2) is 18.1 Å². The van der Waals surface area contributed by atoms with Gasteiger partial charge in [-0.05, 0) is 6.07 Å². The maximum absolute atomic E-state index is 12.9. The number of nitrogens with zero attached hydrogens (tertiary/aromatic N) is 1. The standard InChI is InChI=1S/C9H7F4NO2/c1-16-6(15)3-4-2-5(10)7(11)8(14-4)9(12)13/h2,9H,3H2,1H3. The number of rotatable bonds is 3. The Morgan fingerprint density at radius 2 is 2.12 bits per heavy atom. The van der Waals surface area contributed by atoms with Crippen LogP contribution >= 0.6 is 0 Å². The number of carbonyl (C=O) groups excluding carboxylic acids is 1. The van der Waals surface area contributed by atoms with Crippen LogP contribution in [0.3, 0.4) is 0 Å². The molecule has 0 aliphatic heterocycles. The summed E-state index contributed by atoms with van der Waals surface area (Å²) in [5, 5.41) is 0. The Hall–Kier alpha value is -1.66. The second kappa shape index (κ2) is 4.91. The van der Waals surface area contributed by atoms with Crippen molar-refractivity contribution in [2.45, 2.75) is 12.8 Å². The molecule has 0 fully saturated rings. The number of halogens is 4. The maximum atomic E-state index is 12.9. The number of hydrogen-bond acceptors (Lipinski definition) is 3. The number of aromatic nitrogens is 1. The van der Waals surface area contributed by atoms with E-state index in [9.17, 15) is 22.4 Å². The van der Waals surface area contributed by atoms with E-state index in [1.807, 2.05) is 0 Å². The van der Waals surface area contributed by atoms with E-state index in [1.165, 1.54) is 0 Å². The summed E-state index contributed by atoms with van der Waals surface area (Å²) in [6.45, 7) is 0. The van der Waals surface area contributed by atoms with Crippen molar-refractivity contribution in [2.75, 3.05) is 7.11 Å². The molecule has 0 atom stereocenters. The van der Waals surface area contributed by atoms with Crippen molar-refractivity contribution in [3.63, 3.8) is 0 Å². The highest BCUT2D eigenvalue weighted by Gasteiger charge is 2.21. The van der Waals surface area contributed by atoms with E-state index in [0.29, 0.717) is 6.07 Å². The van der Waals surface area contributed by atoms with Crippen molar-refractivity contribution >= 4 is 5.97 Å². The lowest BCUT2D eigenvalue weighted by Gasteiger charge is -2.05. The molecule has 0 aliphatic carbocycles. The first-order valence-corrected chi connectivity index (χ1v) is 4.15. The molecular weight excluding hydrogens is 230 g/mol. The van der Waals surface area contributed by atoms with Gasteiger partial charge in [0.25, 0.3) is 6.43 Å². The van der Waals surface area contributed by atoms with E-state index in [1.54, 1.807) is 0 Å². The lowest BCUT2D eigenvalue weighted by atomic mass is 10.2. The number of carbonyl (C=O) groups is 1. The van der Waals surface area contributed by atoms with E-state index < -0.39 is 36.1 Å². The Kier molecular flexibility index (Phi) is 3.81. The summed E-state index contributed by atoms with van der Waals surface area (Å²) in [4.78, 5) is 13.9. The number of esters is 1. The first-order chi connectivity index (χ1) is 7.45. The van der Waals surface area contributed by atoms with Gasteiger partial charge in [-0.2, -0.15) is 0 Å². The molecule has 0 unspecified atom stereocenters. The highest BCUT2D eigenvalue weighted by molar-refractivity contribution is 5.71. The molecule has 7 heteroatoms. The van der Waals surface area contributed by atoms with Gasteiger partial charge >= 0.3 is 5.97 Å². The van der Waals surface area contributed by atoms with Crippen LogP contribution in [-0.2, 0) is 16.0 Å². The lowest BCUT2D eigenvalue weighted by molar-refractivity contribution is -0.139. The number of hydrogen-bond donors (Lipinski definition) is 0. The number of ether oxygens (including phenoxy) is 1. The van der Waals surface area contributed by atoms with Gasteiger partial charge in [0, 0.05) is 0 Å². The quantitative estimate of drug-likeness (QED) is 0.596. The van der Waals surface area contributed by atoms with Crippen molar-refractivity contribution in [1.29, 1.82) is 0 Å². The van der Waals surface area contributed by atoms with E-state index in [0.717, 1.165) is 7.11 Å². The Labute approximate surface area is 88.0 Å². The van der Waals surface area contributed by atoms with Crippen molar-refractivity contribution in [2.24, 2.45) is 0 Å². The molecule has 0 amide bonds. The average Bonchev–Trinajstić information content (AvgIpc) is 2.22. The van der Waals surface area contributed by atoms with Gasteiger partial charge in [0.1, 0.15) is 5.69 Å². The first kappa shape index (κ1) is 12.4. The third-order valence-corrected chi connectivity index (χ3v) is 1.75. The third-order valence-electron chi connectivity index (χ3n) is 1.75. The summed E-state index contributed by atoms with van der Waals surface area (Å²) in [6.07, 6.45) is -3.74. The highest BCUT2D eigenvalue weighted by Crippen LogP contribution is 2.22. The average molecular weight is 237 g/mol. The molecule has 0 saturated heterocycles. The molecule has 1 aromatic rings. The molecule has 1 heterocycles. The van der Waals surface area contributed by atoms with Crippen molar-refractivity contribution in [1.82, 2.24) is 4.98 Å². The van der Waals surface area contributed by atoms with Gasteiger partial charge in [0.2, 0.25) is 0 Å². The van der Waals surface area contributed by atoms with Crippen LogP contribution in [0.2, 0.25) is 0 Å². The summed E-state index contributed by atoms with van der Waals surface area (Å²) < 4.78 is 54.4. The number of pyridine rings is 1. The monoisotopic (exact) mass is 237 g/mol. The van der Waals surface area contributed by atoms with Crippen LogP contribution in [0.25, 0.3) is 0 Å². The molecule has 3 nitrogen and oxygen atoms in total. The minimum Gasteiger partial charge on any atom is -0.469 e. The molecular formula is C9H7F4NO2. The smallest absolute Gasteiger partial charge is 0.311 e. The van der Waals surface area contributed by atoms with Crippen LogP contribution in [0.5, 0.6) is 0 Å². The molecule has 0 bridgehead atoms. The topological polar surface area (TPSA) is 39.2 Å². The van der Waals surface area contributed by atoms with Crippen molar-refractivity contribution in [3.05, 3.63) is 29.1 Å². The zero-order valence-corrected chi connectivity index (χ0v) is 8.14. The van der Waals surface area contributed by atoms with Crippen LogP contribution in [0, 0.1) is 11.6 Å². The fraction of sp³-hybridized carbons (Fsp3) is 0.333. The summed E-state index contributed by atoms with van der Waals surface area (Å²) in [6, 6.07) is 0.581. The fourth-order valence-corrected chi connectivity index (χ4v) is 1.02. The maximum Gasteiger partial charge on any atom is 0.311 e. The second-order valence-corrected chi connectivity index (χ2v) is 2.85. The molecule has 0 saturated carbocycles. The van der Waals surface area contributed by atoms with Gasteiger partial charge in [-0.1, -0.05) is 0 Å². The van der Waals surface area contributed by atoms with Crippen molar-refractivity contribution in [3.8, 4) is 0 Å². The number of methoxy groups -OCH3 is 1. The zero-order chi connectivity index (χ0) is 12.3. The predicted octanol–water partition coefficient (Wildman–Crippen LogP) is 2.01. The van der Waals surface area contributed by atoms with Crippen molar-refractivity contribution < 1.29 is 27.1 Å². The summed E-state index contributed by atoms with van der Waals surface area (Å²) in [5.74, 6) is -3.95. The van der Waals surface area contributed by atoms with Gasteiger partial charge in [-0.25, -0.2) is 22.5 Å². The summed E-state index contributed by atoms with van der Waals surface area (Å²) in [5.41, 5.74) is -1.61. The molecule has 88 valence electrons. The van der Waals surface area contributed by atoms with E-state index in [-0.39, 0.29) is 5.69 Å². The fourth-order valence-electron chi connectivity index (χ4n) is 1.02. The molecule has 16 heavy (non-hydrogen) atoms. The Morgan fingerprint density at radius 1 is 1.50 bits per heavy atom. The minimum absolute atomic E-state index is 0.305. The van der Waals surface area contributed by atoms with E-state index in [2.05, 4.69) is 9.72 Å².